The van der Waals surface area contributed by atoms with Gasteiger partial charge in [-0.05, 0) is 33.1 Å². The molecule has 100 valence electrons. The number of nitrogens with one attached hydrogen (secondary N) is 1. The summed E-state index contributed by atoms with van der Waals surface area (Å²) in [5, 5.41) is 17.0. The number of carbonyl (C=O) groups excluding carboxylic acids is 1. The molecule has 18 heavy (non-hydrogen) atoms. The first-order valence-electron chi connectivity index (χ1n) is 6.39. The molecule has 1 fully saturated rings. The van der Waals surface area contributed by atoms with E-state index in [1.54, 1.807) is 4.68 Å². The predicted octanol–water partition coefficient (Wildman–Crippen LogP) is 0.611. The molecule has 1 aliphatic rings. The number of carbonyl (C=O) groups is 1. The van der Waals surface area contributed by atoms with Crippen LogP contribution in [0.15, 0.2) is 0 Å². The average Bonchev–Trinajstić information content (AvgIpc) is 2.51. The Labute approximate surface area is 107 Å². The van der Waals surface area contributed by atoms with Crippen molar-refractivity contribution in [3.05, 3.63) is 17.0 Å². The zero-order valence-corrected chi connectivity index (χ0v) is 11.3. The SMILES string of the molecule is Cc1nn(C)c(C)c1CC(=O)NCC1(O)CCC1. The molecule has 0 aromatic carbocycles. The second kappa shape index (κ2) is 4.72. The quantitative estimate of drug-likeness (QED) is 0.824. The zero-order chi connectivity index (χ0) is 13.3. The standard InChI is InChI=1S/C13H21N3O2/c1-9-11(10(2)16(3)15-9)7-12(17)14-8-13(18)5-4-6-13/h18H,4-8H2,1-3H3,(H,14,17). The average molecular weight is 251 g/mol. The summed E-state index contributed by atoms with van der Waals surface area (Å²) < 4.78 is 1.79. The van der Waals surface area contributed by atoms with E-state index in [9.17, 15) is 9.90 Å². The molecule has 0 unspecified atom stereocenters. The van der Waals surface area contributed by atoms with Gasteiger partial charge < -0.3 is 10.4 Å². The number of hydrogen-bond acceptors (Lipinski definition) is 3. The van der Waals surface area contributed by atoms with E-state index in [1.165, 1.54) is 0 Å². The number of aliphatic hydroxyl groups is 1. The van der Waals surface area contributed by atoms with Crippen LogP contribution in [0.1, 0.15) is 36.2 Å². The monoisotopic (exact) mass is 251 g/mol. The van der Waals surface area contributed by atoms with Crippen molar-refractivity contribution in [1.29, 1.82) is 0 Å². The minimum absolute atomic E-state index is 0.0467. The van der Waals surface area contributed by atoms with Crippen LogP contribution in [-0.4, -0.2) is 32.9 Å². The first-order valence-corrected chi connectivity index (χ1v) is 6.39. The van der Waals surface area contributed by atoms with Crippen LogP contribution in [-0.2, 0) is 18.3 Å². The van der Waals surface area contributed by atoms with Gasteiger partial charge >= 0.3 is 0 Å². The molecule has 5 heteroatoms. The second-order valence-corrected chi connectivity index (χ2v) is 5.30. The fourth-order valence-electron chi connectivity index (χ4n) is 2.32. The van der Waals surface area contributed by atoms with E-state index in [1.807, 2.05) is 20.9 Å². The Hall–Kier alpha value is -1.36. The maximum Gasteiger partial charge on any atom is 0.224 e. The van der Waals surface area contributed by atoms with Gasteiger partial charge in [0.25, 0.3) is 0 Å². The molecule has 0 radical (unpaired) electrons. The molecule has 0 aliphatic heterocycles. The molecule has 1 aromatic heterocycles. The van der Waals surface area contributed by atoms with Crippen molar-refractivity contribution in [3.8, 4) is 0 Å². The van der Waals surface area contributed by atoms with Crippen molar-refractivity contribution in [2.45, 2.75) is 45.1 Å². The van der Waals surface area contributed by atoms with E-state index in [-0.39, 0.29) is 5.91 Å². The Bertz CT molecular complexity index is 461. The summed E-state index contributed by atoms with van der Waals surface area (Å²) in [4.78, 5) is 11.9. The fraction of sp³-hybridized carbons (Fsp3) is 0.692. The van der Waals surface area contributed by atoms with Gasteiger partial charge in [-0.2, -0.15) is 5.10 Å². The highest BCUT2D eigenvalue weighted by atomic mass is 16.3. The maximum atomic E-state index is 11.9. The molecule has 5 nitrogen and oxygen atoms in total. The molecule has 0 bridgehead atoms. The van der Waals surface area contributed by atoms with Crippen molar-refractivity contribution in [2.24, 2.45) is 7.05 Å². The summed E-state index contributed by atoms with van der Waals surface area (Å²) in [7, 11) is 1.88. The minimum atomic E-state index is -0.658. The van der Waals surface area contributed by atoms with Crippen molar-refractivity contribution < 1.29 is 9.90 Å². The minimum Gasteiger partial charge on any atom is -0.388 e. The topological polar surface area (TPSA) is 67.2 Å². The lowest BCUT2D eigenvalue weighted by Gasteiger charge is -2.36. The van der Waals surface area contributed by atoms with Gasteiger partial charge in [-0.25, -0.2) is 0 Å². The van der Waals surface area contributed by atoms with E-state index in [4.69, 9.17) is 0 Å². The number of rotatable bonds is 4. The van der Waals surface area contributed by atoms with Gasteiger partial charge in [-0.3, -0.25) is 9.48 Å². The molecule has 0 atom stereocenters. The normalized spacial score (nSPS) is 17.3. The van der Waals surface area contributed by atoms with E-state index in [0.717, 1.165) is 36.2 Å². The van der Waals surface area contributed by atoms with Crippen molar-refractivity contribution in [3.63, 3.8) is 0 Å². The van der Waals surface area contributed by atoms with Crippen LogP contribution in [0.4, 0.5) is 0 Å². The number of aryl methyl sites for hydroxylation is 2. The smallest absolute Gasteiger partial charge is 0.224 e. The number of aromatic nitrogens is 2. The highest BCUT2D eigenvalue weighted by Gasteiger charge is 2.34. The van der Waals surface area contributed by atoms with Crippen LogP contribution >= 0.6 is 0 Å². The van der Waals surface area contributed by atoms with Gasteiger partial charge in [0.1, 0.15) is 0 Å². The van der Waals surface area contributed by atoms with Crippen molar-refractivity contribution in [2.75, 3.05) is 6.54 Å². The Morgan fingerprint density at radius 1 is 1.50 bits per heavy atom. The summed E-state index contributed by atoms with van der Waals surface area (Å²) in [6.07, 6.45) is 2.96. The molecule has 1 aromatic rings. The predicted molar refractivity (Wildman–Crippen MR) is 68.2 cm³/mol. The summed E-state index contributed by atoms with van der Waals surface area (Å²) in [6, 6.07) is 0. The summed E-state index contributed by atoms with van der Waals surface area (Å²) in [6.45, 7) is 4.24. The lowest BCUT2D eigenvalue weighted by atomic mass is 9.80. The van der Waals surface area contributed by atoms with Gasteiger partial charge in [0.2, 0.25) is 5.91 Å². The van der Waals surface area contributed by atoms with Crippen LogP contribution < -0.4 is 5.32 Å². The van der Waals surface area contributed by atoms with E-state index in [2.05, 4.69) is 10.4 Å². The van der Waals surface area contributed by atoms with Crippen LogP contribution in [0, 0.1) is 13.8 Å². The molecule has 1 amide bonds. The Kier molecular flexibility index (Phi) is 3.43. The zero-order valence-electron chi connectivity index (χ0n) is 11.3. The molecule has 1 heterocycles. The van der Waals surface area contributed by atoms with E-state index >= 15 is 0 Å². The Balaban J connectivity index is 1.90. The van der Waals surface area contributed by atoms with Crippen molar-refractivity contribution >= 4 is 5.91 Å². The van der Waals surface area contributed by atoms with Crippen LogP contribution in [0.2, 0.25) is 0 Å². The number of nitrogens with zero attached hydrogens (tertiary/aromatic N) is 2. The third-order valence-corrected chi connectivity index (χ3v) is 3.90. The second-order valence-electron chi connectivity index (χ2n) is 5.30. The first kappa shape index (κ1) is 13.1. The highest BCUT2D eigenvalue weighted by molar-refractivity contribution is 5.79. The molecular weight excluding hydrogens is 230 g/mol. The largest absolute Gasteiger partial charge is 0.388 e. The van der Waals surface area contributed by atoms with Crippen LogP contribution in [0.25, 0.3) is 0 Å². The van der Waals surface area contributed by atoms with Crippen LogP contribution in [0.5, 0.6) is 0 Å². The van der Waals surface area contributed by atoms with Gasteiger partial charge in [0.15, 0.2) is 0 Å². The van der Waals surface area contributed by atoms with Crippen LogP contribution in [0.3, 0.4) is 0 Å². The molecule has 0 saturated heterocycles. The molecule has 2 N–H and O–H groups in total. The Morgan fingerprint density at radius 3 is 2.61 bits per heavy atom. The van der Waals surface area contributed by atoms with Gasteiger partial charge in [0, 0.05) is 24.8 Å². The van der Waals surface area contributed by atoms with Gasteiger partial charge in [-0.15, -0.1) is 0 Å². The number of hydrogen-bond donors (Lipinski definition) is 2. The summed E-state index contributed by atoms with van der Waals surface area (Å²) >= 11 is 0. The number of amides is 1. The maximum absolute atomic E-state index is 11.9. The van der Waals surface area contributed by atoms with Crippen molar-refractivity contribution in [1.82, 2.24) is 15.1 Å². The third-order valence-electron chi connectivity index (χ3n) is 3.90. The molecule has 0 spiro atoms. The first-order chi connectivity index (χ1) is 8.41. The lowest BCUT2D eigenvalue weighted by molar-refractivity contribution is -0.122. The van der Waals surface area contributed by atoms with Gasteiger partial charge in [0.05, 0.1) is 17.7 Å². The molecule has 1 aliphatic carbocycles. The Morgan fingerprint density at radius 2 is 2.17 bits per heavy atom. The molecule has 1 saturated carbocycles. The highest BCUT2D eigenvalue weighted by Crippen LogP contribution is 2.30. The summed E-state index contributed by atoms with van der Waals surface area (Å²) in [5.74, 6) is -0.0467. The molecule has 2 rings (SSSR count). The molecular formula is C13H21N3O2. The van der Waals surface area contributed by atoms with Gasteiger partial charge in [-0.1, -0.05) is 0 Å². The fourth-order valence-corrected chi connectivity index (χ4v) is 2.32. The third kappa shape index (κ3) is 2.56. The van der Waals surface area contributed by atoms with E-state index < -0.39 is 5.60 Å². The summed E-state index contributed by atoms with van der Waals surface area (Å²) in [5.41, 5.74) is 2.24. The van der Waals surface area contributed by atoms with E-state index in [0.29, 0.717) is 13.0 Å². The lowest BCUT2D eigenvalue weighted by Crippen LogP contribution is -2.48.